The number of hydrogen-bond donors (Lipinski definition) is 1. The molecule has 2 aromatic heterocycles. The molecule has 4 rings (SSSR count). The van der Waals surface area contributed by atoms with Crippen LogP contribution >= 0.6 is 0 Å². The smallest absolute Gasteiger partial charge is 0.420 e. The topological polar surface area (TPSA) is 94.4 Å². The van der Waals surface area contributed by atoms with Crippen molar-refractivity contribution < 1.29 is 31.8 Å². The van der Waals surface area contributed by atoms with Gasteiger partial charge in [-0.1, -0.05) is 0 Å². The number of morpholine rings is 1. The largest absolute Gasteiger partial charge is 0.495 e. The van der Waals surface area contributed by atoms with Crippen molar-refractivity contribution in [1.29, 1.82) is 0 Å². The second kappa shape index (κ2) is 9.25. The maximum Gasteiger partial charge on any atom is 0.420 e. The van der Waals surface area contributed by atoms with Gasteiger partial charge < -0.3 is 19.7 Å². The summed E-state index contributed by atoms with van der Waals surface area (Å²) >= 11 is 0. The monoisotopic (exact) mass is 480 g/mol. The predicted molar refractivity (Wildman–Crippen MR) is 112 cm³/mol. The Morgan fingerprint density at radius 2 is 1.97 bits per heavy atom. The average molecular weight is 480 g/mol. The summed E-state index contributed by atoms with van der Waals surface area (Å²) in [6.07, 6.45) is -2.61. The van der Waals surface area contributed by atoms with Crippen LogP contribution in [0, 0.1) is 5.82 Å². The van der Waals surface area contributed by atoms with E-state index in [1.54, 1.807) is 7.05 Å². The van der Waals surface area contributed by atoms with Crippen molar-refractivity contribution in [2.24, 2.45) is 7.05 Å². The highest BCUT2D eigenvalue weighted by Crippen LogP contribution is 2.36. The normalized spacial score (nSPS) is 14.2. The number of aromatic nitrogens is 4. The number of aryl methyl sites for hydroxylation is 1. The standard InChI is InChI=1S/C21H20F4N6O3/c1-30-4-3-15(29-30)18-13(21(23,24)25)11-26-20(28-18)27-16-10-14(22)12(9-17(16)33-2)19(32)31-5-7-34-8-6-31/h3-4,9-11H,5-8H2,1-2H3,(H,26,27,28). The Labute approximate surface area is 191 Å². The SMILES string of the molecule is COc1cc(C(=O)N2CCOCC2)c(F)cc1Nc1ncc(C(F)(F)F)c(-c2ccn(C)n2)n1. The van der Waals surface area contributed by atoms with Gasteiger partial charge in [-0.25, -0.2) is 14.4 Å². The van der Waals surface area contributed by atoms with Gasteiger partial charge in [-0.2, -0.15) is 18.3 Å². The molecule has 1 amide bonds. The summed E-state index contributed by atoms with van der Waals surface area (Å²) in [5, 5.41) is 6.66. The van der Waals surface area contributed by atoms with Crippen LogP contribution in [0.4, 0.5) is 29.2 Å². The lowest BCUT2D eigenvalue weighted by Crippen LogP contribution is -2.41. The summed E-state index contributed by atoms with van der Waals surface area (Å²) in [5.74, 6) is -1.51. The molecule has 34 heavy (non-hydrogen) atoms. The third-order valence-corrected chi connectivity index (χ3v) is 5.11. The third kappa shape index (κ3) is 4.78. The number of benzene rings is 1. The van der Waals surface area contributed by atoms with Gasteiger partial charge in [0.15, 0.2) is 0 Å². The summed E-state index contributed by atoms with van der Waals surface area (Å²) in [6.45, 7) is 1.37. The molecule has 0 aliphatic carbocycles. The molecule has 1 aliphatic heterocycles. The zero-order valence-electron chi connectivity index (χ0n) is 18.2. The quantitative estimate of drug-likeness (QED) is 0.561. The van der Waals surface area contributed by atoms with Crippen LogP contribution in [0.3, 0.4) is 0 Å². The molecule has 180 valence electrons. The number of rotatable bonds is 5. The molecular formula is C21H20F4N6O3. The Balaban J connectivity index is 1.68. The van der Waals surface area contributed by atoms with Gasteiger partial charge in [-0.05, 0) is 12.1 Å². The van der Waals surface area contributed by atoms with Crippen LogP contribution in [0.2, 0.25) is 0 Å². The molecule has 3 heterocycles. The highest BCUT2D eigenvalue weighted by atomic mass is 19.4. The highest BCUT2D eigenvalue weighted by molar-refractivity contribution is 5.96. The number of carbonyl (C=O) groups excluding carboxylic acids is 1. The van der Waals surface area contributed by atoms with Crippen molar-refractivity contribution >= 4 is 17.5 Å². The van der Waals surface area contributed by atoms with E-state index in [-0.39, 0.29) is 28.6 Å². The highest BCUT2D eigenvalue weighted by Gasteiger charge is 2.36. The minimum absolute atomic E-state index is 0.00937. The molecule has 1 aromatic carbocycles. The zero-order valence-corrected chi connectivity index (χ0v) is 18.2. The Hall–Kier alpha value is -3.74. The fourth-order valence-corrected chi connectivity index (χ4v) is 3.43. The summed E-state index contributed by atoms with van der Waals surface area (Å²) < 4.78 is 67.2. The van der Waals surface area contributed by atoms with Crippen molar-refractivity contribution in [3.05, 3.63) is 47.5 Å². The number of nitrogens with zero attached hydrogens (tertiary/aromatic N) is 5. The van der Waals surface area contributed by atoms with Crippen LogP contribution in [0.25, 0.3) is 11.4 Å². The van der Waals surface area contributed by atoms with Crippen LogP contribution in [0.1, 0.15) is 15.9 Å². The second-order valence-corrected chi connectivity index (χ2v) is 7.39. The maximum absolute atomic E-state index is 14.9. The van der Waals surface area contributed by atoms with Gasteiger partial charge in [-0.3, -0.25) is 9.48 Å². The van der Waals surface area contributed by atoms with Gasteiger partial charge in [0.2, 0.25) is 5.95 Å². The van der Waals surface area contributed by atoms with E-state index < -0.39 is 29.2 Å². The van der Waals surface area contributed by atoms with Gasteiger partial charge in [0.25, 0.3) is 5.91 Å². The van der Waals surface area contributed by atoms with E-state index in [0.717, 1.165) is 6.07 Å². The van der Waals surface area contributed by atoms with Crippen molar-refractivity contribution in [2.45, 2.75) is 6.18 Å². The van der Waals surface area contributed by atoms with Crippen molar-refractivity contribution in [2.75, 3.05) is 38.7 Å². The fraction of sp³-hybridized carbons (Fsp3) is 0.333. The molecule has 1 saturated heterocycles. The van der Waals surface area contributed by atoms with Crippen molar-refractivity contribution in [3.8, 4) is 17.1 Å². The molecule has 0 spiro atoms. The number of anilines is 2. The fourth-order valence-electron chi connectivity index (χ4n) is 3.43. The lowest BCUT2D eigenvalue weighted by molar-refractivity contribution is -0.137. The molecule has 13 heteroatoms. The van der Waals surface area contributed by atoms with Gasteiger partial charge in [0.05, 0.1) is 31.6 Å². The Morgan fingerprint density at radius 1 is 1.24 bits per heavy atom. The molecule has 0 radical (unpaired) electrons. The summed E-state index contributed by atoms with van der Waals surface area (Å²) in [4.78, 5) is 21.9. The average Bonchev–Trinajstić information content (AvgIpc) is 3.25. The number of amides is 1. The number of carbonyl (C=O) groups is 1. The van der Waals surface area contributed by atoms with Crippen LogP contribution in [-0.2, 0) is 18.0 Å². The lowest BCUT2D eigenvalue weighted by Gasteiger charge is -2.27. The number of ether oxygens (including phenoxy) is 2. The number of nitrogens with one attached hydrogen (secondary N) is 1. The van der Waals surface area contributed by atoms with Crippen LogP contribution in [-0.4, -0.2) is 64.0 Å². The van der Waals surface area contributed by atoms with Crippen LogP contribution in [0.15, 0.2) is 30.6 Å². The first-order valence-electron chi connectivity index (χ1n) is 10.1. The zero-order chi connectivity index (χ0) is 24.5. The summed E-state index contributed by atoms with van der Waals surface area (Å²) in [5.41, 5.74) is -1.69. The predicted octanol–water partition coefficient (Wildman–Crippen LogP) is 3.26. The molecule has 9 nitrogen and oxygen atoms in total. The molecule has 1 aliphatic rings. The van der Waals surface area contributed by atoms with Gasteiger partial charge in [0, 0.05) is 38.6 Å². The molecule has 1 fully saturated rings. The molecule has 3 aromatic rings. The number of methoxy groups -OCH3 is 1. The minimum Gasteiger partial charge on any atom is -0.495 e. The molecule has 0 unspecified atom stereocenters. The van der Waals surface area contributed by atoms with E-state index in [4.69, 9.17) is 9.47 Å². The van der Waals surface area contributed by atoms with E-state index in [2.05, 4.69) is 20.4 Å². The number of alkyl halides is 3. The van der Waals surface area contributed by atoms with E-state index in [1.165, 1.54) is 35.0 Å². The van der Waals surface area contributed by atoms with Crippen molar-refractivity contribution in [1.82, 2.24) is 24.6 Å². The number of hydrogen-bond acceptors (Lipinski definition) is 7. The number of halogens is 4. The molecule has 0 bridgehead atoms. The summed E-state index contributed by atoms with van der Waals surface area (Å²) in [7, 11) is 2.87. The first-order chi connectivity index (χ1) is 16.2. The van der Waals surface area contributed by atoms with Gasteiger partial charge in [-0.15, -0.1) is 0 Å². The lowest BCUT2D eigenvalue weighted by atomic mass is 10.1. The molecule has 1 N–H and O–H groups in total. The Kier molecular flexibility index (Phi) is 6.37. The Morgan fingerprint density at radius 3 is 2.59 bits per heavy atom. The first-order valence-corrected chi connectivity index (χ1v) is 10.1. The molecular weight excluding hydrogens is 460 g/mol. The Bertz CT molecular complexity index is 1210. The van der Waals surface area contributed by atoms with E-state index >= 15 is 0 Å². The van der Waals surface area contributed by atoms with Gasteiger partial charge in [0.1, 0.15) is 28.5 Å². The van der Waals surface area contributed by atoms with E-state index in [1.807, 2.05) is 0 Å². The van der Waals surface area contributed by atoms with E-state index in [0.29, 0.717) is 32.5 Å². The van der Waals surface area contributed by atoms with Gasteiger partial charge >= 0.3 is 6.18 Å². The molecule has 0 saturated carbocycles. The molecule has 0 atom stereocenters. The van der Waals surface area contributed by atoms with Crippen molar-refractivity contribution in [3.63, 3.8) is 0 Å². The van der Waals surface area contributed by atoms with Crippen LogP contribution < -0.4 is 10.1 Å². The third-order valence-electron chi connectivity index (χ3n) is 5.11. The van der Waals surface area contributed by atoms with E-state index in [9.17, 15) is 22.4 Å². The van der Waals surface area contributed by atoms with Crippen LogP contribution in [0.5, 0.6) is 5.75 Å². The maximum atomic E-state index is 14.9. The second-order valence-electron chi connectivity index (χ2n) is 7.39. The minimum atomic E-state index is -4.71. The first kappa shape index (κ1) is 23.4. The summed E-state index contributed by atoms with van der Waals surface area (Å²) in [6, 6.07) is 3.61.